The highest BCUT2D eigenvalue weighted by molar-refractivity contribution is 7.98. The van der Waals surface area contributed by atoms with Gasteiger partial charge in [-0.1, -0.05) is 17.7 Å². The smallest absolute Gasteiger partial charge is 0.238 e. The lowest BCUT2D eigenvalue weighted by Gasteiger charge is -2.16. The fourth-order valence-corrected chi connectivity index (χ4v) is 2.77. The van der Waals surface area contributed by atoms with Gasteiger partial charge in [0.05, 0.1) is 13.1 Å². The van der Waals surface area contributed by atoms with Crippen LogP contribution in [0, 0.1) is 0 Å². The quantitative estimate of drug-likeness (QED) is 0.724. The molecule has 0 atom stereocenters. The van der Waals surface area contributed by atoms with E-state index in [2.05, 4.69) is 10.6 Å². The second-order valence-electron chi connectivity index (χ2n) is 5.51. The van der Waals surface area contributed by atoms with E-state index in [1.54, 1.807) is 48.0 Å². The Hall–Kier alpha value is -2.02. The maximum atomic E-state index is 12.1. The summed E-state index contributed by atoms with van der Waals surface area (Å²) < 4.78 is 0. The molecule has 5 nitrogen and oxygen atoms in total. The number of halogens is 1. The fourth-order valence-electron chi connectivity index (χ4n) is 2.18. The van der Waals surface area contributed by atoms with Crippen LogP contribution in [0.25, 0.3) is 0 Å². The molecule has 2 rings (SSSR count). The molecule has 132 valence electrons. The van der Waals surface area contributed by atoms with Crippen LogP contribution >= 0.6 is 23.4 Å². The Balaban J connectivity index is 1.80. The van der Waals surface area contributed by atoms with Crippen molar-refractivity contribution in [3.63, 3.8) is 0 Å². The van der Waals surface area contributed by atoms with Crippen LogP contribution in [-0.2, 0) is 9.59 Å². The zero-order valence-electron chi connectivity index (χ0n) is 14.1. The SMILES string of the molecule is CSc1cccc(NC(=O)CN(C)CC(=O)Nc2ccc(Cl)cc2)c1. The van der Waals surface area contributed by atoms with E-state index in [1.807, 2.05) is 30.5 Å². The van der Waals surface area contributed by atoms with E-state index in [0.29, 0.717) is 10.7 Å². The van der Waals surface area contributed by atoms with Gasteiger partial charge in [-0.25, -0.2) is 0 Å². The van der Waals surface area contributed by atoms with Crippen molar-refractivity contribution < 1.29 is 9.59 Å². The van der Waals surface area contributed by atoms with E-state index in [1.165, 1.54) is 0 Å². The Morgan fingerprint density at radius 1 is 1.00 bits per heavy atom. The van der Waals surface area contributed by atoms with E-state index in [9.17, 15) is 9.59 Å². The molecule has 0 aromatic heterocycles. The maximum absolute atomic E-state index is 12.1. The molecule has 0 radical (unpaired) electrons. The molecule has 0 saturated carbocycles. The number of amides is 2. The third kappa shape index (κ3) is 6.78. The average molecular weight is 378 g/mol. The van der Waals surface area contributed by atoms with Gasteiger partial charge in [-0.05, 0) is 55.8 Å². The van der Waals surface area contributed by atoms with Gasteiger partial charge in [0.1, 0.15) is 0 Å². The highest BCUT2D eigenvalue weighted by Crippen LogP contribution is 2.18. The first-order chi connectivity index (χ1) is 12.0. The minimum atomic E-state index is -0.193. The third-order valence-electron chi connectivity index (χ3n) is 3.31. The number of rotatable bonds is 7. The van der Waals surface area contributed by atoms with Crippen LogP contribution in [0.3, 0.4) is 0 Å². The molecule has 0 unspecified atom stereocenters. The molecule has 0 heterocycles. The van der Waals surface area contributed by atoms with Crippen LogP contribution in [0.4, 0.5) is 11.4 Å². The highest BCUT2D eigenvalue weighted by Gasteiger charge is 2.11. The van der Waals surface area contributed by atoms with Crippen molar-refractivity contribution in [3.05, 3.63) is 53.6 Å². The molecule has 0 aliphatic rings. The topological polar surface area (TPSA) is 61.4 Å². The number of nitrogens with one attached hydrogen (secondary N) is 2. The normalized spacial score (nSPS) is 10.6. The summed E-state index contributed by atoms with van der Waals surface area (Å²) in [7, 11) is 1.72. The number of benzene rings is 2. The molecule has 2 N–H and O–H groups in total. The van der Waals surface area contributed by atoms with Gasteiger partial charge in [0.2, 0.25) is 11.8 Å². The molecule has 7 heteroatoms. The third-order valence-corrected chi connectivity index (χ3v) is 4.29. The number of likely N-dealkylation sites (N-methyl/N-ethyl adjacent to an activating group) is 1. The Morgan fingerprint density at radius 3 is 2.20 bits per heavy atom. The van der Waals surface area contributed by atoms with Crippen molar-refractivity contribution in [2.75, 3.05) is 37.0 Å². The molecule has 0 bridgehead atoms. The summed E-state index contributed by atoms with van der Waals surface area (Å²) in [5.41, 5.74) is 1.41. The van der Waals surface area contributed by atoms with Crippen molar-refractivity contribution in [3.8, 4) is 0 Å². The Morgan fingerprint density at radius 2 is 1.60 bits per heavy atom. The molecule has 2 aromatic rings. The van der Waals surface area contributed by atoms with Crippen molar-refractivity contribution in [1.29, 1.82) is 0 Å². The van der Waals surface area contributed by atoms with Crippen LogP contribution in [0.2, 0.25) is 5.02 Å². The van der Waals surface area contributed by atoms with Crippen molar-refractivity contribution in [2.24, 2.45) is 0 Å². The zero-order chi connectivity index (χ0) is 18.2. The second-order valence-corrected chi connectivity index (χ2v) is 6.82. The summed E-state index contributed by atoms with van der Waals surface area (Å²) in [6.07, 6.45) is 1.98. The van der Waals surface area contributed by atoms with E-state index in [-0.39, 0.29) is 24.9 Å². The Kier molecular flexibility index (Phi) is 7.31. The fraction of sp³-hybridized carbons (Fsp3) is 0.222. The summed E-state index contributed by atoms with van der Waals surface area (Å²) in [6.45, 7) is 0.235. The van der Waals surface area contributed by atoms with Crippen LogP contribution in [0.15, 0.2) is 53.4 Å². The molecule has 25 heavy (non-hydrogen) atoms. The van der Waals surface area contributed by atoms with Crippen molar-refractivity contribution in [2.45, 2.75) is 4.90 Å². The van der Waals surface area contributed by atoms with Gasteiger partial charge >= 0.3 is 0 Å². The maximum Gasteiger partial charge on any atom is 0.238 e. The summed E-state index contributed by atoms with van der Waals surface area (Å²) in [5.74, 6) is -0.359. The van der Waals surface area contributed by atoms with Crippen LogP contribution in [-0.4, -0.2) is 43.1 Å². The zero-order valence-corrected chi connectivity index (χ0v) is 15.7. The number of carbonyl (C=O) groups excluding carboxylic acids is 2. The first-order valence-corrected chi connectivity index (χ1v) is 9.24. The Bertz CT molecular complexity index is 737. The van der Waals surface area contributed by atoms with Gasteiger partial charge in [-0.3, -0.25) is 14.5 Å². The van der Waals surface area contributed by atoms with Gasteiger partial charge in [-0.2, -0.15) is 0 Å². The minimum absolute atomic E-state index is 0.112. The summed E-state index contributed by atoms with van der Waals surface area (Å²) in [6, 6.07) is 14.5. The monoisotopic (exact) mass is 377 g/mol. The molecule has 0 aliphatic heterocycles. The van der Waals surface area contributed by atoms with E-state index in [4.69, 9.17) is 11.6 Å². The number of thioether (sulfide) groups is 1. The predicted molar refractivity (Wildman–Crippen MR) is 104 cm³/mol. The minimum Gasteiger partial charge on any atom is -0.325 e. The number of carbonyl (C=O) groups is 2. The first kappa shape index (κ1) is 19.3. The lowest BCUT2D eigenvalue weighted by Crippen LogP contribution is -2.36. The van der Waals surface area contributed by atoms with E-state index in [0.717, 1.165) is 10.6 Å². The van der Waals surface area contributed by atoms with E-state index < -0.39 is 0 Å². The molecule has 0 saturated heterocycles. The van der Waals surface area contributed by atoms with Crippen molar-refractivity contribution in [1.82, 2.24) is 4.90 Å². The first-order valence-electron chi connectivity index (χ1n) is 7.64. The predicted octanol–water partition coefficient (Wildman–Crippen LogP) is 3.57. The molecule has 0 spiro atoms. The average Bonchev–Trinajstić information content (AvgIpc) is 2.56. The van der Waals surface area contributed by atoms with Gasteiger partial charge in [0, 0.05) is 21.3 Å². The number of anilines is 2. The summed E-state index contributed by atoms with van der Waals surface area (Å²) in [5, 5.41) is 6.21. The largest absolute Gasteiger partial charge is 0.325 e. The second kappa shape index (κ2) is 9.46. The highest BCUT2D eigenvalue weighted by atomic mass is 35.5. The Labute approximate surface area is 156 Å². The van der Waals surface area contributed by atoms with Crippen LogP contribution < -0.4 is 10.6 Å². The number of hydrogen-bond donors (Lipinski definition) is 2. The lowest BCUT2D eigenvalue weighted by atomic mass is 10.3. The van der Waals surface area contributed by atoms with Gasteiger partial charge in [-0.15, -0.1) is 11.8 Å². The molecule has 0 aliphatic carbocycles. The van der Waals surface area contributed by atoms with Crippen LogP contribution in [0.5, 0.6) is 0 Å². The van der Waals surface area contributed by atoms with E-state index >= 15 is 0 Å². The molecule has 0 fully saturated rings. The summed E-state index contributed by atoms with van der Waals surface area (Å²) in [4.78, 5) is 26.8. The van der Waals surface area contributed by atoms with Gasteiger partial charge in [0.25, 0.3) is 0 Å². The number of hydrogen-bond acceptors (Lipinski definition) is 4. The standard InChI is InChI=1S/C18H20ClN3O2S/c1-22(11-17(23)20-14-8-6-13(19)7-9-14)12-18(24)21-15-4-3-5-16(10-15)25-2/h3-10H,11-12H2,1-2H3,(H,20,23)(H,21,24). The van der Waals surface area contributed by atoms with Crippen LogP contribution in [0.1, 0.15) is 0 Å². The number of nitrogens with zero attached hydrogens (tertiary/aromatic N) is 1. The molecule has 2 aromatic carbocycles. The lowest BCUT2D eigenvalue weighted by molar-refractivity contribution is -0.119. The summed E-state index contributed by atoms with van der Waals surface area (Å²) >= 11 is 7.42. The molecular weight excluding hydrogens is 358 g/mol. The van der Waals surface area contributed by atoms with Gasteiger partial charge in [0.15, 0.2) is 0 Å². The molecular formula is C18H20ClN3O2S. The van der Waals surface area contributed by atoms with Crippen molar-refractivity contribution >= 4 is 46.6 Å². The van der Waals surface area contributed by atoms with Gasteiger partial charge < -0.3 is 10.6 Å². The molecule has 2 amide bonds.